The van der Waals surface area contributed by atoms with Crippen molar-refractivity contribution in [2.24, 2.45) is 17.8 Å². The summed E-state index contributed by atoms with van der Waals surface area (Å²) < 4.78 is 10.0. The van der Waals surface area contributed by atoms with E-state index in [1.54, 1.807) is 13.8 Å². The molecule has 3 rings (SSSR count). The number of carbonyl (C=O) groups excluding carboxylic acids is 2. The highest BCUT2D eigenvalue weighted by Gasteiger charge is 2.49. The molecule has 0 aliphatic heterocycles. The highest BCUT2D eigenvalue weighted by atomic mass is 16.5. The summed E-state index contributed by atoms with van der Waals surface area (Å²) in [5, 5.41) is 6.59. The Bertz CT molecular complexity index is 548. The molecule has 2 saturated carbocycles. The number of rotatable bonds is 7. The lowest BCUT2D eigenvalue weighted by Crippen LogP contribution is -2.48. The Balaban J connectivity index is 1.77. The molecule has 2 fully saturated rings. The van der Waals surface area contributed by atoms with Gasteiger partial charge in [-0.1, -0.05) is 5.16 Å². The third-order valence-corrected chi connectivity index (χ3v) is 4.54. The second-order valence-corrected chi connectivity index (χ2v) is 6.27. The van der Waals surface area contributed by atoms with Gasteiger partial charge in [-0.25, -0.2) is 4.79 Å². The largest absolute Gasteiger partial charge is 0.464 e. The van der Waals surface area contributed by atoms with E-state index in [9.17, 15) is 9.59 Å². The van der Waals surface area contributed by atoms with Crippen molar-refractivity contribution >= 4 is 11.9 Å². The number of aromatic nitrogens is 1. The van der Waals surface area contributed by atoms with Crippen molar-refractivity contribution in [2.45, 2.75) is 45.6 Å². The van der Waals surface area contributed by atoms with Crippen LogP contribution in [0.3, 0.4) is 0 Å². The SMILES string of the molecule is CCOC(=O)[C@@H](NC(=O)c1conc1C)C(C1CC1)C1CC1. The molecule has 6 heteroatoms. The monoisotopic (exact) mass is 306 g/mol. The average molecular weight is 306 g/mol. The molecule has 6 nitrogen and oxygen atoms in total. The first-order chi connectivity index (χ1) is 10.6. The molecule has 0 saturated heterocycles. The smallest absolute Gasteiger partial charge is 0.328 e. The van der Waals surface area contributed by atoms with Gasteiger partial charge in [0, 0.05) is 0 Å². The summed E-state index contributed by atoms with van der Waals surface area (Å²) in [7, 11) is 0. The van der Waals surface area contributed by atoms with Gasteiger partial charge in [-0.15, -0.1) is 0 Å². The molecule has 22 heavy (non-hydrogen) atoms. The number of hydrogen-bond donors (Lipinski definition) is 1. The maximum Gasteiger partial charge on any atom is 0.328 e. The second kappa shape index (κ2) is 6.10. The van der Waals surface area contributed by atoms with Crippen molar-refractivity contribution in [3.05, 3.63) is 17.5 Å². The zero-order chi connectivity index (χ0) is 15.7. The molecule has 0 bridgehead atoms. The Hall–Kier alpha value is -1.85. The van der Waals surface area contributed by atoms with Gasteiger partial charge < -0.3 is 14.6 Å². The molecule has 1 amide bonds. The van der Waals surface area contributed by atoms with Gasteiger partial charge in [-0.2, -0.15) is 0 Å². The average Bonchev–Trinajstić information content (AvgIpc) is 3.39. The number of amides is 1. The van der Waals surface area contributed by atoms with Crippen LogP contribution in [0.1, 0.15) is 48.7 Å². The van der Waals surface area contributed by atoms with E-state index < -0.39 is 6.04 Å². The molecule has 0 radical (unpaired) electrons. The van der Waals surface area contributed by atoms with Crippen LogP contribution in [0.15, 0.2) is 10.8 Å². The van der Waals surface area contributed by atoms with Gasteiger partial charge in [0.25, 0.3) is 5.91 Å². The topological polar surface area (TPSA) is 81.4 Å². The van der Waals surface area contributed by atoms with Crippen LogP contribution in [0.4, 0.5) is 0 Å². The van der Waals surface area contributed by atoms with Gasteiger partial charge in [0.2, 0.25) is 0 Å². The summed E-state index contributed by atoms with van der Waals surface area (Å²) >= 11 is 0. The lowest BCUT2D eigenvalue weighted by Gasteiger charge is -2.26. The zero-order valence-electron chi connectivity index (χ0n) is 13.0. The third-order valence-electron chi connectivity index (χ3n) is 4.54. The molecule has 2 aliphatic carbocycles. The molecule has 1 aromatic heterocycles. The van der Waals surface area contributed by atoms with E-state index in [-0.39, 0.29) is 17.8 Å². The van der Waals surface area contributed by atoms with Gasteiger partial charge in [0.1, 0.15) is 17.9 Å². The molecule has 1 heterocycles. The van der Waals surface area contributed by atoms with E-state index in [0.29, 0.717) is 29.7 Å². The first kappa shape index (κ1) is 15.1. The van der Waals surface area contributed by atoms with E-state index in [1.165, 1.54) is 6.26 Å². The lowest BCUT2D eigenvalue weighted by atomic mass is 9.89. The van der Waals surface area contributed by atoms with Crippen LogP contribution >= 0.6 is 0 Å². The quantitative estimate of drug-likeness (QED) is 0.780. The van der Waals surface area contributed by atoms with E-state index in [0.717, 1.165) is 25.7 Å². The standard InChI is InChI=1S/C16H22N2O4/c1-3-21-16(20)14(13(10-4-5-10)11-6-7-11)17-15(19)12-8-22-18-9(12)2/h8,10-11,13-14H,3-7H2,1-2H3,(H,17,19)/t14-/m0/s1. The van der Waals surface area contributed by atoms with E-state index in [1.807, 2.05) is 0 Å². The van der Waals surface area contributed by atoms with Crippen molar-refractivity contribution < 1.29 is 18.8 Å². The number of hydrogen-bond acceptors (Lipinski definition) is 5. The minimum absolute atomic E-state index is 0.197. The summed E-state index contributed by atoms with van der Waals surface area (Å²) in [5.41, 5.74) is 0.897. The Labute approximate surface area is 129 Å². The molecule has 2 aliphatic rings. The van der Waals surface area contributed by atoms with E-state index in [2.05, 4.69) is 10.5 Å². The van der Waals surface area contributed by atoms with Crippen molar-refractivity contribution in [2.75, 3.05) is 6.61 Å². The normalized spacial score (nSPS) is 19.0. The highest BCUT2D eigenvalue weighted by Crippen LogP contribution is 2.50. The number of esters is 1. The molecule has 120 valence electrons. The fourth-order valence-electron chi connectivity index (χ4n) is 3.17. The Kier molecular flexibility index (Phi) is 4.18. The predicted molar refractivity (Wildman–Crippen MR) is 78.1 cm³/mol. The third kappa shape index (κ3) is 3.15. The molecular weight excluding hydrogens is 284 g/mol. The molecular formula is C16H22N2O4. The van der Waals surface area contributed by atoms with Crippen molar-refractivity contribution in [1.29, 1.82) is 0 Å². The summed E-state index contributed by atoms with van der Waals surface area (Å²) in [5.74, 6) is 0.622. The van der Waals surface area contributed by atoms with E-state index in [4.69, 9.17) is 9.26 Å². The maximum absolute atomic E-state index is 12.4. The van der Waals surface area contributed by atoms with Crippen LogP contribution in [0.25, 0.3) is 0 Å². The van der Waals surface area contributed by atoms with Crippen LogP contribution < -0.4 is 5.32 Å². The molecule has 0 spiro atoms. The molecule has 1 aromatic rings. The van der Waals surface area contributed by atoms with Crippen molar-refractivity contribution in [3.8, 4) is 0 Å². The van der Waals surface area contributed by atoms with Gasteiger partial charge in [0.15, 0.2) is 0 Å². The molecule has 0 aromatic carbocycles. The summed E-state index contributed by atoms with van der Waals surface area (Å²) in [4.78, 5) is 24.8. The van der Waals surface area contributed by atoms with Crippen LogP contribution in [0.5, 0.6) is 0 Å². The summed E-state index contributed by atoms with van der Waals surface area (Å²) in [6, 6.07) is -0.568. The Morgan fingerprint density at radius 3 is 2.45 bits per heavy atom. The first-order valence-corrected chi connectivity index (χ1v) is 8.00. The van der Waals surface area contributed by atoms with Crippen LogP contribution in [0, 0.1) is 24.7 Å². The Morgan fingerprint density at radius 2 is 2.00 bits per heavy atom. The summed E-state index contributed by atoms with van der Waals surface area (Å²) in [6.07, 6.45) is 5.87. The van der Waals surface area contributed by atoms with E-state index >= 15 is 0 Å². The zero-order valence-corrected chi connectivity index (χ0v) is 13.0. The first-order valence-electron chi connectivity index (χ1n) is 8.00. The second-order valence-electron chi connectivity index (χ2n) is 6.27. The number of nitrogens with one attached hydrogen (secondary N) is 1. The van der Waals surface area contributed by atoms with Gasteiger partial charge in [0.05, 0.1) is 12.3 Å². The number of ether oxygens (including phenoxy) is 1. The molecule has 0 unspecified atom stereocenters. The lowest BCUT2D eigenvalue weighted by molar-refractivity contribution is -0.147. The number of aryl methyl sites for hydroxylation is 1. The van der Waals surface area contributed by atoms with Crippen molar-refractivity contribution in [3.63, 3.8) is 0 Å². The van der Waals surface area contributed by atoms with Crippen LogP contribution in [0.2, 0.25) is 0 Å². The molecule has 1 atom stereocenters. The van der Waals surface area contributed by atoms with Crippen molar-refractivity contribution in [1.82, 2.24) is 10.5 Å². The van der Waals surface area contributed by atoms with Crippen LogP contribution in [-0.4, -0.2) is 29.7 Å². The highest BCUT2D eigenvalue weighted by molar-refractivity contribution is 5.97. The number of carbonyl (C=O) groups is 2. The van der Waals surface area contributed by atoms with Gasteiger partial charge >= 0.3 is 5.97 Å². The van der Waals surface area contributed by atoms with Gasteiger partial charge in [-0.3, -0.25) is 4.79 Å². The minimum atomic E-state index is -0.568. The van der Waals surface area contributed by atoms with Crippen LogP contribution in [-0.2, 0) is 9.53 Å². The van der Waals surface area contributed by atoms with Gasteiger partial charge in [-0.05, 0) is 57.3 Å². The fourth-order valence-corrected chi connectivity index (χ4v) is 3.17. The Morgan fingerprint density at radius 1 is 1.36 bits per heavy atom. The predicted octanol–water partition coefficient (Wildman–Crippen LogP) is 2.08. The summed E-state index contributed by atoms with van der Waals surface area (Å²) in [6.45, 7) is 3.81. The molecule has 1 N–H and O–H groups in total. The maximum atomic E-state index is 12.4. The fraction of sp³-hybridized carbons (Fsp3) is 0.688. The number of nitrogens with zero attached hydrogens (tertiary/aromatic N) is 1. The minimum Gasteiger partial charge on any atom is -0.464 e.